The Bertz CT molecular complexity index is 1310. The van der Waals surface area contributed by atoms with Gasteiger partial charge in [0, 0.05) is 5.56 Å². The zero-order chi connectivity index (χ0) is 25.2. The molecule has 0 atom stereocenters. The van der Waals surface area contributed by atoms with E-state index >= 15 is 0 Å². The Morgan fingerprint density at radius 1 is 1.14 bits per heavy atom. The van der Waals surface area contributed by atoms with Crippen LogP contribution in [-0.2, 0) is 16.2 Å². The molecule has 35 heavy (non-hydrogen) atoms. The fourth-order valence-electron chi connectivity index (χ4n) is 2.98. The Kier molecular flexibility index (Phi) is 9.23. The molecule has 0 fully saturated rings. The van der Waals surface area contributed by atoms with Gasteiger partial charge in [-0.15, -0.1) is 0 Å². The van der Waals surface area contributed by atoms with Crippen molar-refractivity contribution in [3.63, 3.8) is 0 Å². The Balaban J connectivity index is 1.60. The summed E-state index contributed by atoms with van der Waals surface area (Å²) in [6.45, 7) is 0.179. The molecule has 2 amide bonds. The van der Waals surface area contributed by atoms with Gasteiger partial charge in [-0.2, -0.15) is 10.4 Å². The number of carbonyl (C=O) groups is 2. The molecular formula is C25H20BrClN4O4. The number of anilines is 1. The number of amides is 2. The van der Waals surface area contributed by atoms with Crippen LogP contribution in [0.15, 0.2) is 70.2 Å². The number of methoxy groups -OCH3 is 1. The predicted molar refractivity (Wildman–Crippen MR) is 137 cm³/mol. The first-order valence-corrected chi connectivity index (χ1v) is 11.4. The zero-order valence-electron chi connectivity index (χ0n) is 18.5. The van der Waals surface area contributed by atoms with E-state index in [1.165, 1.54) is 13.3 Å². The van der Waals surface area contributed by atoms with Crippen LogP contribution in [0.3, 0.4) is 0 Å². The van der Waals surface area contributed by atoms with E-state index in [4.69, 9.17) is 21.1 Å². The molecule has 0 bridgehead atoms. The number of benzene rings is 3. The van der Waals surface area contributed by atoms with Gasteiger partial charge in [-0.1, -0.05) is 41.9 Å². The molecule has 0 unspecified atom stereocenters. The number of para-hydroxylation sites is 1. The molecule has 0 aliphatic heterocycles. The quantitative estimate of drug-likeness (QED) is 0.218. The molecule has 0 aliphatic rings. The largest absolute Gasteiger partial charge is 0.493 e. The zero-order valence-corrected chi connectivity index (χ0v) is 20.9. The van der Waals surface area contributed by atoms with E-state index in [9.17, 15) is 14.9 Å². The van der Waals surface area contributed by atoms with Gasteiger partial charge in [-0.3, -0.25) is 9.59 Å². The van der Waals surface area contributed by atoms with Crippen LogP contribution in [0.1, 0.15) is 23.1 Å². The monoisotopic (exact) mass is 554 g/mol. The van der Waals surface area contributed by atoms with Crippen LogP contribution in [0, 0.1) is 11.3 Å². The number of halogens is 2. The highest BCUT2D eigenvalue weighted by Crippen LogP contribution is 2.37. The first-order chi connectivity index (χ1) is 16.9. The number of hydrogen-bond acceptors (Lipinski definition) is 6. The fourth-order valence-corrected chi connectivity index (χ4v) is 3.74. The lowest BCUT2D eigenvalue weighted by molar-refractivity contribution is -0.126. The predicted octanol–water partition coefficient (Wildman–Crippen LogP) is 5.04. The highest BCUT2D eigenvalue weighted by atomic mass is 79.9. The number of rotatable bonds is 9. The Labute approximate surface area is 215 Å². The summed E-state index contributed by atoms with van der Waals surface area (Å²) in [4.78, 5) is 24.1. The number of nitrogens with one attached hydrogen (secondary N) is 2. The number of hydrogen-bond donors (Lipinski definition) is 2. The summed E-state index contributed by atoms with van der Waals surface area (Å²) in [5, 5.41) is 16.1. The summed E-state index contributed by atoms with van der Waals surface area (Å²) in [5.41, 5.74) is 4.62. The van der Waals surface area contributed by atoms with Gasteiger partial charge in [-0.25, -0.2) is 5.43 Å². The van der Waals surface area contributed by atoms with Gasteiger partial charge in [0.2, 0.25) is 11.8 Å². The maximum Gasteiger partial charge on any atom is 0.249 e. The van der Waals surface area contributed by atoms with E-state index < -0.39 is 18.2 Å². The van der Waals surface area contributed by atoms with E-state index in [0.29, 0.717) is 37.8 Å². The second-order valence-electron chi connectivity index (χ2n) is 7.09. The van der Waals surface area contributed by atoms with Crippen LogP contribution in [0.2, 0.25) is 5.02 Å². The average Bonchev–Trinajstić information content (AvgIpc) is 2.84. The van der Waals surface area contributed by atoms with Crippen molar-refractivity contribution < 1.29 is 19.1 Å². The first-order valence-electron chi connectivity index (χ1n) is 10.3. The number of nitriles is 1. The molecule has 0 spiro atoms. The Morgan fingerprint density at radius 3 is 2.63 bits per heavy atom. The van der Waals surface area contributed by atoms with Gasteiger partial charge in [-0.05, 0) is 51.8 Å². The maximum atomic E-state index is 12.0. The van der Waals surface area contributed by atoms with Crippen molar-refractivity contribution >= 4 is 51.2 Å². The number of ether oxygens (including phenoxy) is 2. The molecule has 2 N–H and O–H groups in total. The second-order valence-corrected chi connectivity index (χ2v) is 8.35. The summed E-state index contributed by atoms with van der Waals surface area (Å²) in [5.74, 6) is -0.221. The van der Waals surface area contributed by atoms with E-state index in [2.05, 4.69) is 37.8 Å². The van der Waals surface area contributed by atoms with Crippen molar-refractivity contribution in [3.05, 3.63) is 86.8 Å². The normalized spacial score (nSPS) is 10.5. The molecule has 178 valence electrons. The lowest BCUT2D eigenvalue weighted by Crippen LogP contribution is -2.24. The number of carbonyl (C=O) groups excluding carboxylic acids is 2. The van der Waals surface area contributed by atoms with Crippen molar-refractivity contribution in [2.45, 2.75) is 13.0 Å². The van der Waals surface area contributed by atoms with Crippen molar-refractivity contribution in [3.8, 4) is 17.6 Å². The van der Waals surface area contributed by atoms with E-state index in [1.54, 1.807) is 48.5 Å². The van der Waals surface area contributed by atoms with Gasteiger partial charge in [0.05, 0.1) is 40.1 Å². The Morgan fingerprint density at radius 2 is 1.89 bits per heavy atom. The second kappa shape index (κ2) is 12.6. The standard InChI is InChI=1S/C25H20BrClN4O4/c1-34-22-11-16(10-19(26)25(22)35-15-18-7-3-2-6-17(18)13-28)14-29-31-24(33)12-23(32)30-21-9-5-4-8-20(21)27/h2-11,14H,12,15H2,1H3,(H,30,32)(H,31,33). The molecule has 0 aromatic heterocycles. The van der Waals surface area contributed by atoms with Crippen LogP contribution in [0.4, 0.5) is 5.69 Å². The van der Waals surface area contributed by atoms with Crippen molar-refractivity contribution in [2.75, 3.05) is 12.4 Å². The Hall–Kier alpha value is -3.87. The van der Waals surface area contributed by atoms with Crippen molar-refractivity contribution in [2.24, 2.45) is 5.10 Å². The highest BCUT2D eigenvalue weighted by molar-refractivity contribution is 9.10. The summed E-state index contributed by atoms with van der Waals surface area (Å²) >= 11 is 9.45. The molecule has 10 heteroatoms. The van der Waals surface area contributed by atoms with Crippen LogP contribution in [0.25, 0.3) is 0 Å². The first kappa shape index (κ1) is 25.7. The molecule has 3 rings (SSSR count). The number of hydrazone groups is 1. The van der Waals surface area contributed by atoms with Gasteiger partial charge < -0.3 is 14.8 Å². The van der Waals surface area contributed by atoms with Crippen LogP contribution in [0.5, 0.6) is 11.5 Å². The summed E-state index contributed by atoms with van der Waals surface area (Å²) in [6, 6.07) is 19.4. The summed E-state index contributed by atoms with van der Waals surface area (Å²) in [6.07, 6.45) is 0.985. The van der Waals surface area contributed by atoms with Gasteiger partial charge in [0.25, 0.3) is 0 Å². The molecule has 0 aliphatic carbocycles. The van der Waals surface area contributed by atoms with Crippen molar-refractivity contribution in [1.29, 1.82) is 5.26 Å². The van der Waals surface area contributed by atoms with E-state index in [1.807, 2.05) is 12.1 Å². The SMILES string of the molecule is COc1cc(C=NNC(=O)CC(=O)Nc2ccccc2Cl)cc(Br)c1OCc1ccccc1C#N. The van der Waals surface area contributed by atoms with E-state index in [-0.39, 0.29) is 6.61 Å². The minimum atomic E-state index is -0.590. The molecular weight excluding hydrogens is 536 g/mol. The number of nitrogens with zero attached hydrogens (tertiary/aromatic N) is 2. The molecule has 3 aromatic rings. The molecule has 0 heterocycles. The van der Waals surface area contributed by atoms with Gasteiger partial charge in [0.15, 0.2) is 11.5 Å². The molecule has 3 aromatic carbocycles. The lowest BCUT2D eigenvalue weighted by Gasteiger charge is -2.14. The third-order valence-electron chi connectivity index (χ3n) is 4.63. The van der Waals surface area contributed by atoms with Crippen molar-refractivity contribution in [1.82, 2.24) is 5.43 Å². The maximum absolute atomic E-state index is 12.0. The lowest BCUT2D eigenvalue weighted by atomic mass is 10.1. The molecule has 0 radical (unpaired) electrons. The van der Waals surface area contributed by atoms with E-state index in [0.717, 1.165) is 5.56 Å². The average molecular weight is 556 g/mol. The third-order valence-corrected chi connectivity index (χ3v) is 5.55. The smallest absolute Gasteiger partial charge is 0.249 e. The fraction of sp³-hybridized carbons (Fsp3) is 0.120. The molecule has 8 nitrogen and oxygen atoms in total. The van der Waals surface area contributed by atoms with Crippen LogP contribution in [-0.4, -0.2) is 25.1 Å². The molecule has 0 saturated carbocycles. The topological polar surface area (TPSA) is 113 Å². The van der Waals surface area contributed by atoms with Gasteiger partial charge >= 0.3 is 0 Å². The summed E-state index contributed by atoms with van der Waals surface area (Å²) < 4.78 is 11.9. The third kappa shape index (κ3) is 7.30. The minimum absolute atomic E-state index is 0.179. The van der Waals surface area contributed by atoms with Crippen LogP contribution >= 0.6 is 27.5 Å². The summed E-state index contributed by atoms with van der Waals surface area (Å²) in [7, 11) is 1.50. The highest BCUT2D eigenvalue weighted by Gasteiger charge is 2.13. The minimum Gasteiger partial charge on any atom is -0.493 e. The van der Waals surface area contributed by atoms with Gasteiger partial charge in [0.1, 0.15) is 13.0 Å². The molecule has 0 saturated heterocycles. The van der Waals surface area contributed by atoms with Crippen LogP contribution < -0.4 is 20.2 Å².